The largest absolute Gasteiger partial charge is 0.497 e. The molecule has 1 heterocycles. The maximum Gasteiger partial charge on any atom is 0.122 e. The van der Waals surface area contributed by atoms with Crippen LogP contribution in [0, 0.1) is 0 Å². The molecule has 0 radical (unpaired) electrons. The van der Waals surface area contributed by atoms with Crippen LogP contribution < -0.4 is 9.47 Å². The summed E-state index contributed by atoms with van der Waals surface area (Å²) >= 11 is 4.15. The van der Waals surface area contributed by atoms with E-state index in [1.54, 1.807) is 14.2 Å². The summed E-state index contributed by atoms with van der Waals surface area (Å²) in [6.07, 6.45) is 3.72. The van der Waals surface area contributed by atoms with Gasteiger partial charge in [0, 0.05) is 17.6 Å². The molecule has 0 atom stereocenters. The smallest absolute Gasteiger partial charge is 0.122 e. The van der Waals surface area contributed by atoms with Crippen LogP contribution in [-0.2, 0) is 4.08 Å². The van der Waals surface area contributed by atoms with Gasteiger partial charge in [-0.25, -0.2) is 0 Å². The third-order valence-corrected chi connectivity index (χ3v) is 7.00. The Morgan fingerprint density at radius 1 is 1.05 bits per heavy atom. The zero-order chi connectivity index (χ0) is 13.7. The van der Waals surface area contributed by atoms with Crippen molar-refractivity contribution in [2.24, 2.45) is 0 Å². The Kier molecular flexibility index (Phi) is 5.34. The molecule has 106 valence electrons. The Morgan fingerprint density at radius 3 is 2.11 bits per heavy atom. The van der Waals surface area contributed by atoms with Crippen molar-refractivity contribution >= 4 is 23.5 Å². The molecule has 1 aromatic carbocycles. The summed E-state index contributed by atoms with van der Waals surface area (Å²) in [7, 11) is 3.43. The Morgan fingerprint density at radius 2 is 1.63 bits per heavy atom. The van der Waals surface area contributed by atoms with Crippen LogP contribution in [0.1, 0.15) is 31.7 Å². The van der Waals surface area contributed by atoms with Gasteiger partial charge in [0.15, 0.2) is 0 Å². The summed E-state index contributed by atoms with van der Waals surface area (Å²) < 4.78 is 11.0. The second kappa shape index (κ2) is 6.80. The van der Waals surface area contributed by atoms with E-state index in [9.17, 15) is 0 Å². The molecule has 1 aliphatic heterocycles. The molecule has 0 bridgehead atoms. The van der Waals surface area contributed by atoms with Gasteiger partial charge in [-0.1, -0.05) is 19.8 Å². The second-order valence-electron chi connectivity index (χ2n) is 4.65. The lowest BCUT2D eigenvalue weighted by molar-refractivity contribution is 0.393. The molecule has 1 saturated heterocycles. The summed E-state index contributed by atoms with van der Waals surface area (Å²) in [6.45, 7) is 2.25. The van der Waals surface area contributed by atoms with E-state index in [-0.39, 0.29) is 4.08 Å². The van der Waals surface area contributed by atoms with Crippen LogP contribution in [0.15, 0.2) is 18.2 Å². The first-order chi connectivity index (χ1) is 9.24. The van der Waals surface area contributed by atoms with Gasteiger partial charge in [0.1, 0.15) is 11.5 Å². The first-order valence-corrected chi connectivity index (χ1v) is 8.72. The van der Waals surface area contributed by atoms with E-state index in [1.807, 2.05) is 6.07 Å². The average Bonchev–Trinajstić information content (AvgIpc) is 2.94. The first-order valence-electron chi connectivity index (χ1n) is 6.75. The fraction of sp³-hybridized carbons (Fsp3) is 0.600. The van der Waals surface area contributed by atoms with E-state index in [4.69, 9.17) is 9.47 Å². The minimum Gasteiger partial charge on any atom is -0.497 e. The van der Waals surface area contributed by atoms with E-state index < -0.39 is 0 Å². The van der Waals surface area contributed by atoms with Gasteiger partial charge < -0.3 is 9.47 Å². The van der Waals surface area contributed by atoms with Crippen molar-refractivity contribution in [3.05, 3.63) is 23.8 Å². The summed E-state index contributed by atoms with van der Waals surface area (Å²) in [6, 6.07) is 6.29. The van der Waals surface area contributed by atoms with Crippen LogP contribution in [0.25, 0.3) is 0 Å². The number of thioether (sulfide) groups is 2. The van der Waals surface area contributed by atoms with Crippen molar-refractivity contribution in [2.45, 2.75) is 30.3 Å². The van der Waals surface area contributed by atoms with Crippen molar-refractivity contribution in [1.29, 1.82) is 0 Å². The molecule has 1 aromatic rings. The van der Waals surface area contributed by atoms with Crippen LogP contribution in [-0.4, -0.2) is 25.7 Å². The van der Waals surface area contributed by atoms with Crippen LogP contribution in [0.5, 0.6) is 11.5 Å². The highest BCUT2D eigenvalue weighted by Gasteiger charge is 2.37. The topological polar surface area (TPSA) is 18.5 Å². The summed E-state index contributed by atoms with van der Waals surface area (Å²) in [5.74, 6) is 4.23. The molecule has 1 aliphatic rings. The molecular formula is C15H22O2S2. The van der Waals surface area contributed by atoms with Crippen molar-refractivity contribution < 1.29 is 9.47 Å². The number of methoxy groups -OCH3 is 2. The lowest BCUT2D eigenvalue weighted by Gasteiger charge is -2.28. The zero-order valence-corrected chi connectivity index (χ0v) is 13.5. The Labute approximate surface area is 124 Å². The Bertz CT molecular complexity index is 392. The molecule has 0 saturated carbocycles. The summed E-state index contributed by atoms with van der Waals surface area (Å²) in [4.78, 5) is 0. The lowest BCUT2D eigenvalue weighted by Crippen LogP contribution is -2.14. The van der Waals surface area contributed by atoms with Crippen molar-refractivity contribution in [1.82, 2.24) is 0 Å². The third-order valence-electron chi connectivity index (χ3n) is 3.40. The predicted octanol–water partition coefficient (Wildman–Crippen LogP) is 4.53. The molecule has 2 rings (SSSR count). The van der Waals surface area contributed by atoms with Gasteiger partial charge in [-0.3, -0.25) is 0 Å². The molecule has 0 unspecified atom stereocenters. The highest BCUT2D eigenvalue weighted by molar-refractivity contribution is 8.20. The maximum absolute atomic E-state index is 5.41. The van der Waals surface area contributed by atoms with Gasteiger partial charge in [0.05, 0.1) is 18.3 Å². The molecule has 19 heavy (non-hydrogen) atoms. The van der Waals surface area contributed by atoms with Gasteiger partial charge in [-0.15, -0.1) is 23.5 Å². The van der Waals surface area contributed by atoms with Gasteiger partial charge in [-0.2, -0.15) is 0 Å². The van der Waals surface area contributed by atoms with Gasteiger partial charge >= 0.3 is 0 Å². The molecule has 0 amide bonds. The first kappa shape index (κ1) is 14.9. The van der Waals surface area contributed by atoms with Crippen LogP contribution in [0.2, 0.25) is 0 Å². The highest BCUT2D eigenvalue weighted by Crippen LogP contribution is 2.56. The van der Waals surface area contributed by atoms with Crippen molar-refractivity contribution in [3.63, 3.8) is 0 Å². The SMILES string of the molecule is CCCCC1(c2cc(OC)cc(OC)c2)SCCS1. The van der Waals surface area contributed by atoms with E-state index in [2.05, 4.69) is 42.6 Å². The monoisotopic (exact) mass is 298 g/mol. The van der Waals surface area contributed by atoms with Gasteiger partial charge in [0.2, 0.25) is 0 Å². The molecule has 4 heteroatoms. The lowest BCUT2D eigenvalue weighted by atomic mass is 10.0. The van der Waals surface area contributed by atoms with E-state index in [0.29, 0.717) is 0 Å². The van der Waals surface area contributed by atoms with Crippen LogP contribution in [0.4, 0.5) is 0 Å². The van der Waals surface area contributed by atoms with Crippen LogP contribution in [0.3, 0.4) is 0 Å². The fourth-order valence-electron chi connectivity index (χ4n) is 2.35. The molecule has 0 aliphatic carbocycles. The van der Waals surface area contributed by atoms with Crippen molar-refractivity contribution in [2.75, 3.05) is 25.7 Å². The molecule has 2 nitrogen and oxygen atoms in total. The molecule has 0 N–H and O–H groups in total. The number of ether oxygens (including phenoxy) is 2. The molecule has 1 fully saturated rings. The average molecular weight is 298 g/mol. The minimum atomic E-state index is 0.192. The van der Waals surface area contributed by atoms with E-state index in [1.165, 1.54) is 36.3 Å². The Balaban J connectivity index is 2.35. The van der Waals surface area contributed by atoms with Gasteiger partial charge in [0.25, 0.3) is 0 Å². The normalized spacial score (nSPS) is 17.4. The number of hydrogen-bond donors (Lipinski definition) is 0. The number of benzene rings is 1. The number of unbranched alkanes of at least 4 members (excludes halogenated alkanes) is 1. The van der Waals surface area contributed by atoms with E-state index >= 15 is 0 Å². The highest BCUT2D eigenvalue weighted by atomic mass is 32.2. The standard InChI is InChI=1S/C15H22O2S2/c1-4-5-6-15(18-7-8-19-15)12-9-13(16-2)11-14(10-12)17-3/h9-11H,4-8H2,1-3H3. The van der Waals surface area contributed by atoms with Crippen molar-refractivity contribution in [3.8, 4) is 11.5 Å². The fourth-order valence-corrected chi connectivity index (χ4v) is 5.65. The number of hydrogen-bond acceptors (Lipinski definition) is 4. The third kappa shape index (κ3) is 3.34. The molecule has 0 aromatic heterocycles. The van der Waals surface area contributed by atoms with E-state index in [0.717, 1.165) is 11.5 Å². The maximum atomic E-state index is 5.41. The second-order valence-corrected chi connectivity index (χ2v) is 7.70. The predicted molar refractivity (Wildman–Crippen MR) is 85.7 cm³/mol. The quantitative estimate of drug-likeness (QED) is 0.768. The number of rotatable bonds is 6. The summed E-state index contributed by atoms with van der Waals surface area (Å²) in [5, 5.41) is 0. The molecular weight excluding hydrogens is 276 g/mol. The molecule has 0 spiro atoms. The minimum absolute atomic E-state index is 0.192. The van der Waals surface area contributed by atoms with Crippen LogP contribution >= 0.6 is 23.5 Å². The van der Waals surface area contributed by atoms with Gasteiger partial charge in [-0.05, 0) is 24.1 Å². The zero-order valence-electron chi connectivity index (χ0n) is 11.9. The Hall–Kier alpha value is -0.480. The summed E-state index contributed by atoms with van der Waals surface area (Å²) in [5.41, 5.74) is 1.34.